The van der Waals surface area contributed by atoms with Crippen molar-refractivity contribution in [2.24, 2.45) is 0 Å². The van der Waals surface area contributed by atoms with Crippen molar-refractivity contribution >= 4 is 17.3 Å². The van der Waals surface area contributed by atoms with Crippen LogP contribution in [0.5, 0.6) is 0 Å². The molecule has 1 fully saturated rings. The van der Waals surface area contributed by atoms with E-state index in [9.17, 15) is 13.2 Å². The van der Waals surface area contributed by atoms with Gasteiger partial charge in [0.1, 0.15) is 6.61 Å². The number of carbonyl (C=O) groups is 1. The molecule has 196 valence electrons. The van der Waals surface area contributed by atoms with E-state index in [1.54, 1.807) is 18.4 Å². The fraction of sp³-hybridized carbons (Fsp3) is 0.385. The zero-order valence-electron chi connectivity index (χ0n) is 20.5. The molecule has 0 saturated carbocycles. The summed E-state index contributed by atoms with van der Waals surface area (Å²) in [6, 6.07) is 9.07. The average Bonchev–Trinajstić information content (AvgIpc) is 3.56. The molecule has 2 N–H and O–H groups in total. The monoisotopic (exact) mass is 532 g/mol. The average molecular weight is 533 g/mol. The first kappa shape index (κ1) is 26.9. The Labute approximate surface area is 216 Å². The number of hydrogen-bond acceptors (Lipinski definition) is 6. The van der Waals surface area contributed by atoms with Crippen LogP contribution in [0.1, 0.15) is 21.6 Å². The molecular weight excluding hydrogens is 505 g/mol. The van der Waals surface area contributed by atoms with Crippen molar-refractivity contribution in [3.8, 4) is 34.4 Å². The first-order valence-electron chi connectivity index (χ1n) is 11.6. The van der Waals surface area contributed by atoms with Gasteiger partial charge in [0.2, 0.25) is 0 Å². The Balaban J connectivity index is 0.000000405. The summed E-state index contributed by atoms with van der Waals surface area (Å²) in [5.74, 6) is 3.42. The lowest BCUT2D eigenvalue weighted by Crippen LogP contribution is -2.43. The third kappa shape index (κ3) is 6.59. The van der Waals surface area contributed by atoms with Gasteiger partial charge < -0.3 is 14.7 Å². The molecule has 37 heavy (non-hydrogen) atoms. The Morgan fingerprint density at radius 1 is 1.24 bits per heavy atom. The van der Waals surface area contributed by atoms with Crippen molar-refractivity contribution in [2.45, 2.75) is 19.1 Å². The predicted octanol–water partition coefficient (Wildman–Crippen LogP) is 4.09. The molecule has 0 bridgehead atoms. The summed E-state index contributed by atoms with van der Waals surface area (Å²) >= 11 is 1.66. The van der Waals surface area contributed by atoms with Gasteiger partial charge in [-0.05, 0) is 24.2 Å². The minimum atomic E-state index is -5.08. The fourth-order valence-electron chi connectivity index (χ4n) is 4.31. The summed E-state index contributed by atoms with van der Waals surface area (Å²) in [4.78, 5) is 14.9. The predicted molar refractivity (Wildman–Crippen MR) is 135 cm³/mol. The molecule has 0 atom stereocenters. The van der Waals surface area contributed by atoms with Gasteiger partial charge in [-0.15, -0.1) is 11.3 Å². The number of piperazine rings is 1. The minimum Gasteiger partial charge on any atom is -0.475 e. The second-order valence-electron chi connectivity index (χ2n) is 8.91. The van der Waals surface area contributed by atoms with Crippen molar-refractivity contribution in [1.82, 2.24) is 20.0 Å². The second kappa shape index (κ2) is 11.5. The molecular formula is C26H27F3N4O3S. The van der Waals surface area contributed by atoms with Crippen LogP contribution in [0.3, 0.4) is 0 Å². The van der Waals surface area contributed by atoms with Gasteiger partial charge in [0.15, 0.2) is 0 Å². The number of carboxylic acids is 1. The van der Waals surface area contributed by atoms with Crippen LogP contribution >= 0.6 is 11.3 Å². The topological polar surface area (TPSA) is 81.7 Å². The number of ether oxygens (including phenoxy) is 1. The van der Waals surface area contributed by atoms with E-state index in [0.717, 1.165) is 55.3 Å². The molecule has 0 radical (unpaired) electrons. The van der Waals surface area contributed by atoms with Crippen LogP contribution in [0.4, 0.5) is 13.2 Å². The fourth-order valence-corrected chi connectivity index (χ4v) is 5.07. The van der Waals surface area contributed by atoms with Gasteiger partial charge >= 0.3 is 12.1 Å². The van der Waals surface area contributed by atoms with Crippen LogP contribution in [0.2, 0.25) is 0 Å². The molecule has 5 rings (SSSR count). The minimum absolute atomic E-state index is 0.455. The van der Waals surface area contributed by atoms with Crippen molar-refractivity contribution in [1.29, 1.82) is 0 Å². The standard InChI is InChI=1S/C24H26N4OS.C2HF3O2/c1-27-7-9-28(10-8-27)15-17-5-6-21-18(12-17)14-22-23(25-26-24(21)22)19-13-20(30-16-19)4-3-11-29-2;3-2(4,5)1(6)7/h5-6,12-13,16H,7-11,14-15H2,1-2H3,(H,25,26);(H,6,7). The van der Waals surface area contributed by atoms with Gasteiger partial charge in [0.05, 0.1) is 16.3 Å². The Morgan fingerprint density at radius 3 is 2.65 bits per heavy atom. The molecule has 0 unspecified atom stereocenters. The second-order valence-corrected chi connectivity index (χ2v) is 9.82. The van der Waals surface area contributed by atoms with Crippen molar-refractivity contribution < 1.29 is 27.8 Å². The first-order chi connectivity index (χ1) is 17.7. The maximum atomic E-state index is 10.6. The van der Waals surface area contributed by atoms with E-state index in [0.29, 0.717) is 6.61 Å². The van der Waals surface area contributed by atoms with Gasteiger partial charge in [-0.2, -0.15) is 18.3 Å². The van der Waals surface area contributed by atoms with E-state index in [1.165, 1.54) is 27.9 Å². The highest BCUT2D eigenvalue weighted by Crippen LogP contribution is 2.41. The number of aromatic nitrogens is 2. The Morgan fingerprint density at radius 2 is 1.97 bits per heavy atom. The Kier molecular flexibility index (Phi) is 8.34. The number of aromatic amines is 1. The maximum absolute atomic E-state index is 10.6. The maximum Gasteiger partial charge on any atom is 0.490 e. The lowest BCUT2D eigenvalue weighted by molar-refractivity contribution is -0.192. The van der Waals surface area contributed by atoms with E-state index in [-0.39, 0.29) is 0 Å². The molecule has 3 heterocycles. The zero-order valence-corrected chi connectivity index (χ0v) is 21.3. The van der Waals surface area contributed by atoms with Gasteiger partial charge in [0, 0.05) is 68.3 Å². The highest BCUT2D eigenvalue weighted by molar-refractivity contribution is 7.11. The van der Waals surface area contributed by atoms with E-state index >= 15 is 0 Å². The molecule has 1 aliphatic carbocycles. The summed E-state index contributed by atoms with van der Waals surface area (Å²) in [7, 11) is 3.87. The number of thiophene rings is 1. The third-order valence-electron chi connectivity index (χ3n) is 6.22. The number of rotatable bonds is 4. The number of H-pyrrole nitrogens is 1. The number of aliphatic carboxylic acids is 1. The number of carboxylic acid groups (broad SMARTS) is 1. The molecule has 7 nitrogen and oxygen atoms in total. The first-order valence-corrected chi connectivity index (χ1v) is 12.5. The summed E-state index contributed by atoms with van der Waals surface area (Å²) in [5.41, 5.74) is 8.77. The van der Waals surface area contributed by atoms with E-state index < -0.39 is 12.1 Å². The quantitative estimate of drug-likeness (QED) is 0.386. The number of alkyl halides is 3. The van der Waals surface area contributed by atoms with Crippen LogP contribution in [-0.2, 0) is 22.5 Å². The van der Waals surface area contributed by atoms with Gasteiger partial charge in [-0.25, -0.2) is 4.79 Å². The number of halogens is 3. The van der Waals surface area contributed by atoms with Gasteiger partial charge in [-0.3, -0.25) is 10.00 Å². The number of nitrogens with zero attached hydrogens (tertiary/aromatic N) is 3. The molecule has 2 aromatic heterocycles. The molecule has 2 aliphatic rings. The van der Waals surface area contributed by atoms with E-state index in [2.05, 4.69) is 68.5 Å². The molecule has 0 amide bonds. The smallest absolute Gasteiger partial charge is 0.475 e. The number of benzene rings is 1. The molecule has 3 aromatic rings. The number of methoxy groups -OCH3 is 1. The summed E-state index contributed by atoms with van der Waals surface area (Å²) < 4.78 is 36.7. The molecule has 0 spiro atoms. The van der Waals surface area contributed by atoms with E-state index in [1.807, 2.05) is 0 Å². The largest absolute Gasteiger partial charge is 0.490 e. The van der Waals surface area contributed by atoms with Crippen LogP contribution in [0.15, 0.2) is 29.6 Å². The Hall–Kier alpha value is -3.17. The van der Waals surface area contributed by atoms with Crippen molar-refractivity contribution in [3.63, 3.8) is 0 Å². The number of likely N-dealkylation sites (N-methyl/N-ethyl adjacent to an activating group) is 1. The highest BCUT2D eigenvalue weighted by atomic mass is 32.1. The molecule has 1 saturated heterocycles. The summed E-state index contributed by atoms with van der Waals surface area (Å²) in [6.07, 6.45) is -4.15. The molecule has 1 aliphatic heterocycles. The van der Waals surface area contributed by atoms with Crippen LogP contribution in [0, 0.1) is 11.8 Å². The molecule has 1 aromatic carbocycles. The summed E-state index contributed by atoms with van der Waals surface area (Å²) in [5, 5.41) is 17.2. The van der Waals surface area contributed by atoms with E-state index in [4.69, 9.17) is 14.6 Å². The highest BCUT2D eigenvalue weighted by Gasteiger charge is 2.38. The lowest BCUT2D eigenvalue weighted by Gasteiger charge is -2.32. The Bertz CT molecular complexity index is 1310. The van der Waals surface area contributed by atoms with Crippen LogP contribution in [0.25, 0.3) is 22.5 Å². The third-order valence-corrected chi connectivity index (χ3v) is 7.06. The summed E-state index contributed by atoms with van der Waals surface area (Å²) in [6.45, 7) is 6.10. The van der Waals surface area contributed by atoms with Gasteiger partial charge in [0.25, 0.3) is 0 Å². The van der Waals surface area contributed by atoms with Crippen LogP contribution < -0.4 is 0 Å². The van der Waals surface area contributed by atoms with Crippen LogP contribution in [-0.4, -0.2) is 84.2 Å². The number of fused-ring (bicyclic) bond motifs is 3. The SMILES string of the molecule is COCC#Cc1cc(-c2n[nH]c3c2Cc2cc(CN4CCN(C)CC4)ccc2-3)cs1.O=C(O)C(F)(F)F. The number of hydrogen-bond donors (Lipinski definition) is 2. The lowest BCUT2D eigenvalue weighted by atomic mass is 10.0. The van der Waals surface area contributed by atoms with Gasteiger partial charge in [-0.1, -0.05) is 30.0 Å². The number of nitrogens with one attached hydrogen (secondary N) is 1. The normalized spacial score (nSPS) is 15.3. The van der Waals surface area contributed by atoms with Crippen molar-refractivity contribution in [3.05, 3.63) is 51.2 Å². The zero-order chi connectivity index (χ0) is 26.6. The van der Waals surface area contributed by atoms with Crippen molar-refractivity contribution in [2.75, 3.05) is 46.9 Å². The molecule has 11 heteroatoms.